The topological polar surface area (TPSA) is 77.8 Å². The fourth-order valence-corrected chi connectivity index (χ4v) is 13.6. The summed E-state index contributed by atoms with van der Waals surface area (Å²) in [6.45, 7) is 10.1. The summed E-state index contributed by atoms with van der Waals surface area (Å²) in [4.78, 5) is 0. The van der Waals surface area contributed by atoms with Gasteiger partial charge in [0.05, 0.1) is 11.7 Å². The minimum Gasteiger partial charge on any atom is -0.393 e. The molecule has 8 rings (SSSR count). The van der Waals surface area contributed by atoms with Gasteiger partial charge in [0.2, 0.25) is 0 Å². The number of thiophene rings is 1. The van der Waals surface area contributed by atoms with Crippen molar-refractivity contribution in [3.8, 4) is 0 Å². The number of hydrogen-bond acceptors (Lipinski definition) is 5. The van der Waals surface area contributed by atoms with Crippen molar-refractivity contribution in [2.75, 3.05) is 13.1 Å². The average molecular weight is 600 g/mol. The van der Waals surface area contributed by atoms with E-state index in [2.05, 4.69) is 39.8 Å². The van der Waals surface area contributed by atoms with Crippen molar-refractivity contribution in [3.05, 3.63) is 40.8 Å². The van der Waals surface area contributed by atoms with Crippen LogP contribution in [-0.2, 0) is 10.0 Å². The normalized spacial score (nSPS) is 44.8. The first kappa shape index (κ1) is 28.8. The maximum absolute atomic E-state index is 14.2. The second kappa shape index (κ2) is 9.50. The Balaban J connectivity index is 1.20. The zero-order chi connectivity index (χ0) is 29.0. The predicted octanol–water partition coefficient (Wildman–Crippen LogP) is 6.79. The lowest BCUT2D eigenvalue weighted by atomic mass is 9.45. The van der Waals surface area contributed by atoms with E-state index in [1.54, 1.807) is 10.4 Å². The first-order valence-corrected chi connectivity index (χ1v) is 18.5. The van der Waals surface area contributed by atoms with E-state index in [0.717, 1.165) is 50.9 Å². The van der Waals surface area contributed by atoms with Crippen LogP contribution in [0.2, 0.25) is 0 Å². The molecule has 0 amide bonds. The molecule has 0 radical (unpaired) electrons. The van der Waals surface area contributed by atoms with Gasteiger partial charge in [-0.15, -0.1) is 11.3 Å². The maximum atomic E-state index is 14.2. The van der Waals surface area contributed by atoms with Crippen LogP contribution in [0.3, 0.4) is 0 Å². The molecule has 6 saturated carbocycles. The zero-order valence-corrected chi connectivity index (χ0v) is 26.9. The van der Waals surface area contributed by atoms with Gasteiger partial charge in [-0.1, -0.05) is 57.1 Å². The highest BCUT2D eigenvalue weighted by atomic mass is 32.2. The number of rotatable bonds is 6. The van der Waals surface area contributed by atoms with Crippen LogP contribution >= 0.6 is 11.3 Å². The number of hydrogen-bond donors (Lipinski definition) is 2. The molecule has 7 aliphatic carbocycles. The Hall–Kier alpha value is -0.990. The van der Waals surface area contributed by atoms with E-state index < -0.39 is 15.6 Å². The average Bonchev–Trinajstić information content (AvgIpc) is 3.56. The van der Waals surface area contributed by atoms with E-state index in [9.17, 15) is 18.6 Å². The van der Waals surface area contributed by atoms with Crippen LogP contribution in [0.5, 0.6) is 0 Å². The molecule has 5 nitrogen and oxygen atoms in total. The molecule has 0 aliphatic heterocycles. The quantitative estimate of drug-likeness (QED) is 0.378. The smallest absolute Gasteiger partial charge is 0.252 e. The number of aliphatic hydroxyl groups is 2. The van der Waals surface area contributed by atoms with Crippen LogP contribution in [0.25, 0.3) is 0 Å². The lowest BCUT2D eigenvalue weighted by molar-refractivity contribution is -0.118. The van der Waals surface area contributed by atoms with Gasteiger partial charge >= 0.3 is 0 Å². The Morgan fingerprint density at radius 3 is 2.49 bits per heavy atom. The molecule has 6 fully saturated rings. The standard InChI is InChI=1S/C34H49NO4S2/c1-31(2)23-8-7-22(29(31)19-23)20-35(41(38,39)30-6-5-17-40-30)21-34(37)16-13-28-26-10-9-24-18-25(36)11-14-32(24,3)27(26)12-15-33(28,34)4/h5-6,9-10,17,22-23,25,27-29,36-37H,7-8,11-16,18-21H2,1-4H3/t22-,23-,25-,27-,28-,29-,32-,33-,34+/m0/s1. The summed E-state index contributed by atoms with van der Waals surface area (Å²) in [6, 6.07) is 3.55. The second-order valence-electron chi connectivity index (χ2n) is 15.7. The van der Waals surface area contributed by atoms with Crippen molar-refractivity contribution in [1.82, 2.24) is 4.31 Å². The molecule has 7 heteroatoms. The van der Waals surface area contributed by atoms with Crippen molar-refractivity contribution in [3.63, 3.8) is 0 Å². The van der Waals surface area contributed by atoms with Crippen molar-refractivity contribution in [2.24, 2.45) is 45.8 Å². The monoisotopic (exact) mass is 599 g/mol. The van der Waals surface area contributed by atoms with Gasteiger partial charge in [-0.3, -0.25) is 0 Å². The molecule has 2 bridgehead atoms. The summed E-state index contributed by atoms with van der Waals surface area (Å²) in [5.41, 5.74) is 1.82. The van der Waals surface area contributed by atoms with Gasteiger partial charge in [-0.25, -0.2) is 8.42 Å². The minimum absolute atomic E-state index is 0.0916. The highest BCUT2D eigenvalue weighted by Crippen LogP contribution is 2.66. The molecule has 1 heterocycles. The van der Waals surface area contributed by atoms with Crippen LogP contribution in [0, 0.1) is 45.8 Å². The molecule has 41 heavy (non-hydrogen) atoms. The molecule has 2 N–H and O–H groups in total. The molecule has 1 aromatic rings. The van der Waals surface area contributed by atoms with Gasteiger partial charge in [0, 0.05) is 18.5 Å². The van der Waals surface area contributed by atoms with Gasteiger partial charge in [0.1, 0.15) is 4.21 Å². The number of sulfonamides is 1. The predicted molar refractivity (Wildman–Crippen MR) is 164 cm³/mol. The fourth-order valence-electron chi connectivity index (χ4n) is 10.9. The molecule has 9 atom stereocenters. The molecule has 0 unspecified atom stereocenters. The number of fused-ring (bicyclic) bond motifs is 7. The SMILES string of the molecule is CC1(C)[C@H]2CC[C@@H](CN(C[C@]3(O)CC[C@H]4C5=CC=C6C[C@@H](O)CC[C@]6(C)[C@H]5CC[C@@]43C)S(=O)(=O)c3cccs3)[C@@H]1C2. The van der Waals surface area contributed by atoms with E-state index in [1.807, 2.05) is 11.4 Å². The fraction of sp³-hybridized carbons (Fsp3) is 0.765. The summed E-state index contributed by atoms with van der Waals surface area (Å²) in [6.07, 6.45) is 14.0. The first-order chi connectivity index (χ1) is 19.3. The van der Waals surface area contributed by atoms with E-state index in [0.29, 0.717) is 34.9 Å². The molecule has 226 valence electrons. The molecule has 0 aromatic carbocycles. The number of aliphatic hydroxyl groups excluding tert-OH is 1. The Morgan fingerprint density at radius 2 is 1.78 bits per heavy atom. The molecular weight excluding hydrogens is 551 g/mol. The Morgan fingerprint density at radius 1 is 1.00 bits per heavy atom. The molecule has 0 spiro atoms. The van der Waals surface area contributed by atoms with Gasteiger partial charge in [-0.2, -0.15) is 4.31 Å². The van der Waals surface area contributed by atoms with Crippen LogP contribution < -0.4 is 0 Å². The van der Waals surface area contributed by atoms with Gasteiger partial charge < -0.3 is 10.2 Å². The third-order valence-corrected chi connectivity index (χ3v) is 17.0. The van der Waals surface area contributed by atoms with E-state index in [-0.39, 0.29) is 34.8 Å². The van der Waals surface area contributed by atoms with Crippen LogP contribution in [0.1, 0.15) is 91.9 Å². The maximum Gasteiger partial charge on any atom is 0.252 e. The Labute approximate surface area is 251 Å². The Bertz CT molecular complexity index is 1360. The van der Waals surface area contributed by atoms with Gasteiger partial charge in [-0.05, 0) is 116 Å². The van der Waals surface area contributed by atoms with Crippen LogP contribution in [0.15, 0.2) is 45.0 Å². The minimum atomic E-state index is -3.70. The lowest BCUT2D eigenvalue weighted by Crippen LogP contribution is -2.59. The van der Waals surface area contributed by atoms with Crippen LogP contribution in [-0.4, -0.2) is 47.7 Å². The van der Waals surface area contributed by atoms with Crippen LogP contribution in [0.4, 0.5) is 0 Å². The third kappa shape index (κ3) is 4.11. The third-order valence-electron chi connectivity index (χ3n) is 13.8. The van der Waals surface area contributed by atoms with Crippen molar-refractivity contribution in [1.29, 1.82) is 0 Å². The molecular formula is C34H49NO4S2. The second-order valence-corrected chi connectivity index (χ2v) is 18.8. The summed E-state index contributed by atoms with van der Waals surface area (Å²) >= 11 is 1.29. The van der Waals surface area contributed by atoms with Gasteiger partial charge in [0.15, 0.2) is 0 Å². The molecule has 0 saturated heterocycles. The Kier molecular flexibility index (Phi) is 6.67. The number of allylic oxidation sites excluding steroid dienone is 3. The van der Waals surface area contributed by atoms with Crippen molar-refractivity contribution >= 4 is 21.4 Å². The summed E-state index contributed by atoms with van der Waals surface area (Å²) in [5, 5.41) is 24.8. The van der Waals surface area contributed by atoms with Gasteiger partial charge in [0.25, 0.3) is 10.0 Å². The van der Waals surface area contributed by atoms with Crippen molar-refractivity contribution in [2.45, 2.75) is 108 Å². The summed E-state index contributed by atoms with van der Waals surface area (Å²) in [7, 11) is -3.70. The van der Waals surface area contributed by atoms with E-state index in [4.69, 9.17) is 0 Å². The zero-order valence-electron chi connectivity index (χ0n) is 25.3. The lowest BCUT2D eigenvalue weighted by Gasteiger charge is -2.61. The van der Waals surface area contributed by atoms with E-state index >= 15 is 0 Å². The molecule has 7 aliphatic rings. The summed E-state index contributed by atoms with van der Waals surface area (Å²) < 4.78 is 30.5. The first-order valence-electron chi connectivity index (χ1n) is 16.1. The highest BCUT2D eigenvalue weighted by Gasteiger charge is 2.63. The largest absolute Gasteiger partial charge is 0.393 e. The summed E-state index contributed by atoms with van der Waals surface area (Å²) in [5.74, 6) is 2.40. The van der Waals surface area contributed by atoms with Crippen molar-refractivity contribution < 1.29 is 18.6 Å². The van der Waals surface area contributed by atoms with E-state index in [1.165, 1.54) is 35.3 Å². The highest BCUT2D eigenvalue weighted by molar-refractivity contribution is 7.91. The number of nitrogens with zero attached hydrogens (tertiary/aromatic N) is 1. The molecule has 1 aromatic heterocycles.